The Hall–Kier alpha value is -4.50. The van der Waals surface area contributed by atoms with Gasteiger partial charge in [-0.25, -0.2) is 4.98 Å². The number of aromatic nitrogens is 3. The number of carbonyl (C=O) groups excluding carboxylic acids is 1. The first-order valence-corrected chi connectivity index (χ1v) is 10.2. The number of nitrogens with one attached hydrogen (secondary N) is 1. The second-order valence-electron chi connectivity index (χ2n) is 7.68. The van der Waals surface area contributed by atoms with Crippen molar-refractivity contribution in [3.05, 3.63) is 95.2 Å². The summed E-state index contributed by atoms with van der Waals surface area (Å²) < 4.78 is 1.51. The Bertz CT molecular complexity index is 1550. The predicted octanol–water partition coefficient (Wildman–Crippen LogP) is 5.31. The zero-order valence-electron chi connectivity index (χ0n) is 17.6. The molecule has 1 N–H and O–H groups in total. The van der Waals surface area contributed by atoms with Crippen LogP contribution in [0.15, 0.2) is 72.9 Å². The highest BCUT2D eigenvalue weighted by Gasteiger charge is 2.19. The highest BCUT2D eigenvalue weighted by atomic mass is 16.1. The maximum Gasteiger partial charge on any atom is 0.257 e. The van der Waals surface area contributed by atoms with Gasteiger partial charge >= 0.3 is 0 Å². The van der Waals surface area contributed by atoms with Gasteiger partial charge in [0.05, 0.1) is 11.7 Å². The molecule has 154 valence electrons. The van der Waals surface area contributed by atoms with E-state index in [2.05, 4.69) is 16.5 Å². The van der Waals surface area contributed by atoms with Crippen LogP contribution in [0, 0.1) is 25.2 Å². The number of amides is 1. The Morgan fingerprint density at radius 2 is 1.72 bits per heavy atom. The van der Waals surface area contributed by atoms with E-state index in [4.69, 9.17) is 4.98 Å². The van der Waals surface area contributed by atoms with E-state index < -0.39 is 0 Å². The number of aryl methyl sites for hydroxylation is 2. The van der Waals surface area contributed by atoms with E-state index in [9.17, 15) is 10.1 Å². The molecule has 1 amide bonds. The van der Waals surface area contributed by atoms with Crippen LogP contribution in [0.25, 0.3) is 27.5 Å². The average molecular weight is 417 g/mol. The van der Waals surface area contributed by atoms with Gasteiger partial charge in [0.25, 0.3) is 5.91 Å². The third kappa shape index (κ3) is 3.17. The minimum absolute atomic E-state index is 0.267. The van der Waals surface area contributed by atoms with Gasteiger partial charge in [-0.2, -0.15) is 15.0 Å². The minimum Gasteiger partial charge on any atom is -0.305 e. The van der Waals surface area contributed by atoms with Crippen molar-refractivity contribution in [2.75, 3.05) is 5.32 Å². The summed E-state index contributed by atoms with van der Waals surface area (Å²) in [5.74, 6) is 0.526. The van der Waals surface area contributed by atoms with Gasteiger partial charge < -0.3 is 5.32 Å². The molecule has 3 aromatic carbocycles. The lowest BCUT2D eigenvalue weighted by Gasteiger charge is -2.13. The molecule has 0 aliphatic rings. The number of hydrogen-bond acceptors (Lipinski definition) is 4. The molecule has 5 aromatic rings. The van der Waals surface area contributed by atoms with E-state index in [1.165, 1.54) is 10.9 Å². The smallest absolute Gasteiger partial charge is 0.257 e. The summed E-state index contributed by atoms with van der Waals surface area (Å²) in [4.78, 5) is 18.0. The van der Waals surface area contributed by atoms with E-state index in [0.29, 0.717) is 17.2 Å². The maximum atomic E-state index is 13.2. The lowest BCUT2D eigenvalue weighted by atomic mass is 10.0. The summed E-state index contributed by atoms with van der Waals surface area (Å²) in [6, 6.07) is 23.3. The summed E-state index contributed by atoms with van der Waals surface area (Å²) in [6.07, 6.45) is 1.44. The van der Waals surface area contributed by atoms with Gasteiger partial charge in [0, 0.05) is 10.9 Å². The first kappa shape index (κ1) is 19.5. The van der Waals surface area contributed by atoms with Gasteiger partial charge in [0.15, 0.2) is 11.6 Å². The third-order valence-corrected chi connectivity index (χ3v) is 5.61. The van der Waals surface area contributed by atoms with Gasteiger partial charge in [0.1, 0.15) is 11.6 Å². The SMILES string of the molecule is Cc1cc(-n2ncc(C#N)c2NC(=O)c2cccc3ccccc23)nc2c(C)cccc12. The molecule has 0 saturated heterocycles. The normalized spacial score (nSPS) is 10.9. The fraction of sp³-hybridized carbons (Fsp3) is 0.0769. The van der Waals surface area contributed by atoms with Crippen LogP contribution >= 0.6 is 0 Å². The van der Waals surface area contributed by atoms with Crippen LogP contribution in [-0.2, 0) is 0 Å². The number of nitriles is 1. The van der Waals surface area contributed by atoms with Crippen molar-refractivity contribution in [2.24, 2.45) is 0 Å². The van der Waals surface area contributed by atoms with Gasteiger partial charge in [-0.3, -0.25) is 4.79 Å². The third-order valence-electron chi connectivity index (χ3n) is 5.61. The van der Waals surface area contributed by atoms with Crippen LogP contribution < -0.4 is 5.32 Å². The molecule has 0 spiro atoms. The molecule has 0 bridgehead atoms. The second kappa shape index (κ2) is 7.64. The highest BCUT2D eigenvalue weighted by Crippen LogP contribution is 2.26. The number of para-hydroxylation sites is 1. The standard InChI is InChI=1S/C26H19N5O/c1-16-7-5-11-20-17(2)13-23(29-24(16)20)31-25(19(14-27)15-28-31)30-26(32)22-12-6-9-18-8-3-4-10-21(18)22/h3-13,15H,1-2H3,(H,30,32). The molecule has 2 aromatic heterocycles. The number of carbonyl (C=O) groups is 1. The van der Waals surface area contributed by atoms with E-state index in [-0.39, 0.29) is 11.5 Å². The molecule has 2 heterocycles. The van der Waals surface area contributed by atoms with Gasteiger partial charge in [-0.1, -0.05) is 54.6 Å². The predicted molar refractivity (Wildman–Crippen MR) is 125 cm³/mol. The minimum atomic E-state index is -0.311. The van der Waals surface area contributed by atoms with Crippen LogP contribution in [0.5, 0.6) is 0 Å². The molecule has 6 heteroatoms. The van der Waals surface area contributed by atoms with Crippen molar-refractivity contribution in [3.8, 4) is 11.9 Å². The Kier molecular flexibility index (Phi) is 4.65. The molecule has 6 nitrogen and oxygen atoms in total. The van der Waals surface area contributed by atoms with Crippen molar-refractivity contribution >= 4 is 33.4 Å². The molecule has 0 aliphatic heterocycles. The largest absolute Gasteiger partial charge is 0.305 e. The number of nitrogens with zero attached hydrogens (tertiary/aromatic N) is 4. The summed E-state index contributed by atoms with van der Waals surface area (Å²) >= 11 is 0. The maximum absolute atomic E-state index is 13.2. The topological polar surface area (TPSA) is 83.6 Å². The van der Waals surface area contributed by atoms with E-state index in [0.717, 1.165) is 32.8 Å². The number of fused-ring (bicyclic) bond motifs is 2. The lowest BCUT2D eigenvalue weighted by molar-refractivity contribution is 0.102. The molecule has 0 fully saturated rings. The monoisotopic (exact) mass is 417 g/mol. The molecule has 5 rings (SSSR count). The first-order chi connectivity index (χ1) is 15.6. The molecule has 0 atom stereocenters. The molecular formula is C26H19N5O. The summed E-state index contributed by atoms with van der Waals surface area (Å²) in [5.41, 5.74) is 3.74. The molecular weight excluding hydrogens is 398 g/mol. The molecule has 0 saturated carbocycles. The highest BCUT2D eigenvalue weighted by molar-refractivity contribution is 6.13. The van der Waals surface area contributed by atoms with E-state index in [1.54, 1.807) is 6.07 Å². The van der Waals surface area contributed by atoms with Crippen LogP contribution in [-0.4, -0.2) is 20.7 Å². The van der Waals surface area contributed by atoms with Crippen LogP contribution in [0.1, 0.15) is 27.0 Å². The van der Waals surface area contributed by atoms with Gasteiger partial charge in [0.2, 0.25) is 0 Å². The molecule has 0 radical (unpaired) electrons. The molecule has 32 heavy (non-hydrogen) atoms. The zero-order chi connectivity index (χ0) is 22.2. The summed E-state index contributed by atoms with van der Waals surface area (Å²) in [6.45, 7) is 4.02. The quantitative estimate of drug-likeness (QED) is 0.431. The fourth-order valence-corrected chi connectivity index (χ4v) is 3.97. The van der Waals surface area contributed by atoms with Gasteiger partial charge in [-0.05, 0) is 47.9 Å². The van der Waals surface area contributed by atoms with Crippen molar-refractivity contribution in [3.63, 3.8) is 0 Å². The Morgan fingerprint density at radius 3 is 2.56 bits per heavy atom. The number of anilines is 1. The van der Waals surface area contributed by atoms with E-state index in [1.807, 2.05) is 74.5 Å². The van der Waals surface area contributed by atoms with Crippen molar-refractivity contribution < 1.29 is 4.79 Å². The summed E-state index contributed by atoms with van der Waals surface area (Å²) in [7, 11) is 0. The van der Waals surface area contributed by atoms with E-state index >= 15 is 0 Å². The van der Waals surface area contributed by atoms with Crippen LogP contribution in [0.3, 0.4) is 0 Å². The number of pyridine rings is 1. The van der Waals surface area contributed by atoms with Crippen molar-refractivity contribution in [2.45, 2.75) is 13.8 Å². The lowest BCUT2D eigenvalue weighted by Crippen LogP contribution is -2.17. The number of benzene rings is 3. The fourth-order valence-electron chi connectivity index (χ4n) is 3.97. The number of rotatable bonds is 3. The molecule has 0 aliphatic carbocycles. The Morgan fingerprint density at radius 1 is 0.969 bits per heavy atom. The van der Waals surface area contributed by atoms with Gasteiger partial charge in [-0.15, -0.1) is 0 Å². The molecule has 0 unspecified atom stereocenters. The van der Waals surface area contributed by atoms with Crippen LogP contribution in [0.4, 0.5) is 5.82 Å². The average Bonchev–Trinajstić information content (AvgIpc) is 3.21. The zero-order valence-corrected chi connectivity index (χ0v) is 17.6. The summed E-state index contributed by atoms with van der Waals surface area (Å²) in [5, 5.41) is 19.8. The van der Waals surface area contributed by atoms with Crippen molar-refractivity contribution in [1.29, 1.82) is 5.26 Å². The second-order valence-corrected chi connectivity index (χ2v) is 7.68. The van der Waals surface area contributed by atoms with Crippen molar-refractivity contribution in [1.82, 2.24) is 14.8 Å². The Balaban J connectivity index is 1.62. The number of hydrogen-bond donors (Lipinski definition) is 1. The Labute approximate surface area is 184 Å². The van der Waals surface area contributed by atoms with Crippen LogP contribution in [0.2, 0.25) is 0 Å². The first-order valence-electron chi connectivity index (χ1n) is 10.2.